The average molecular weight is 560 g/mol. The second-order valence-corrected chi connectivity index (χ2v) is 11.1. The van der Waals surface area contributed by atoms with Crippen LogP contribution in [0.15, 0.2) is 64.4 Å². The van der Waals surface area contributed by atoms with E-state index in [1.165, 1.54) is 10.6 Å². The maximum Gasteiger partial charge on any atom is 0.274 e. The number of aromatic amines is 1. The maximum atomic E-state index is 13.4. The Morgan fingerprint density at radius 1 is 1.18 bits per heavy atom. The average Bonchev–Trinajstić information content (AvgIpc) is 3.66. The van der Waals surface area contributed by atoms with Crippen molar-refractivity contribution in [2.24, 2.45) is 10.9 Å². The van der Waals surface area contributed by atoms with E-state index >= 15 is 0 Å². The molecule has 1 aliphatic carbocycles. The number of rotatable bonds is 8. The van der Waals surface area contributed by atoms with Gasteiger partial charge in [-0.3, -0.25) is 19.7 Å². The number of nitrogens with zero attached hydrogens (tertiary/aromatic N) is 4. The van der Waals surface area contributed by atoms with E-state index in [1.807, 2.05) is 51.1 Å². The number of aromatic nitrogens is 4. The Morgan fingerprint density at radius 3 is 2.62 bits per heavy atom. The van der Waals surface area contributed by atoms with E-state index in [4.69, 9.17) is 21.7 Å². The predicted octanol–water partition coefficient (Wildman–Crippen LogP) is 5.06. The van der Waals surface area contributed by atoms with Gasteiger partial charge in [-0.2, -0.15) is 9.50 Å². The molecule has 11 heteroatoms. The molecule has 2 aromatic heterocycles. The van der Waals surface area contributed by atoms with Gasteiger partial charge in [0.1, 0.15) is 23.8 Å². The fourth-order valence-electron chi connectivity index (χ4n) is 4.19. The Hall–Kier alpha value is -4.31. The molecule has 10 nitrogen and oxygen atoms in total. The van der Waals surface area contributed by atoms with E-state index in [0.29, 0.717) is 23.1 Å². The van der Waals surface area contributed by atoms with Crippen LogP contribution in [0.25, 0.3) is 17.2 Å². The van der Waals surface area contributed by atoms with Crippen molar-refractivity contribution in [3.63, 3.8) is 0 Å². The minimum atomic E-state index is -0.490. The number of ether oxygens (including phenoxy) is 1. The van der Waals surface area contributed by atoms with Gasteiger partial charge < -0.3 is 15.5 Å². The van der Waals surface area contributed by atoms with Gasteiger partial charge in [-0.05, 0) is 51.7 Å². The summed E-state index contributed by atoms with van der Waals surface area (Å²) < 4.78 is 7.22. The third-order valence-electron chi connectivity index (χ3n) is 6.17. The number of amidine groups is 1. The minimum absolute atomic E-state index is 0.0881. The second-order valence-electron chi connectivity index (χ2n) is 10.7. The van der Waals surface area contributed by atoms with E-state index in [0.717, 1.165) is 18.4 Å². The lowest BCUT2D eigenvalue weighted by Crippen LogP contribution is -2.35. The lowest BCUT2D eigenvalue weighted by atomic mass is 10.1. The highest BCUT2D eigenvalue weighted by molar-refractivity contribution is 6.34. The first-order chi connectivity index (χ1) is 19.1. The van der Waals surface area contributed by atoms with Gasteiger partial charge in [0.05, 0.1) is 16.3 Å². The molecule has 4 aromatic rings. The molecule has 5 rings (SSSR count). The number of carbonyl (C=O) groups is 1. The summed E-state index contributed by atoms with van der Waals surface area (Å²) in [6.45, 7) is 5.70. The van der Waals surface area contributed by atoms with E-state index in [-0.39, 0.29) is 46.6 Å². The molecule has 0 bridgehead atoms. The van der Waals surface area contributed by atoms with Crippen molar-refractivity contribution in [3.05, 3.63) is 81.2 Å². The van der Waals surface area contributed by atoms with Gasteiger partial charge in [-0.15, -0.1) is 0 Å². The van der Waals surface area contributed by atoms with Crippen LogP contribution < -0.4 is 15.6 Å². The maximum absolute atomic E-state index is 13.4. The van der Waals surface area contributed by atoms with E-state index in [9.17, 15) is 9.59 Å². The standard InChI is InChI=1S/C29H30ClN7O3/c1-29(2,3)35-23(15-21(31)17-12-13-17)33-27(39)25-20(30)10-7-11-22(25)40-16-19-14-24(38)37-28(32-19)34-26(36-37)18-8-5-4-6-9-18/h4-11,14,17,31H,12-13,15-16H2,1-3H3,(H,32,34,36)(H,33,35,39). The van der Waals surface area contributed by atoms with Crippen LogP contribution in [0.5, 0.6) is 5.75 Å². The van der Waals surface area contributed by atoms with Crippen LogP contribution >= 0.6 is 11.6 Å². The molecule has 1 fully saturated rings. The van der Waals surface area contributed by atoms with Gasteiger partial charge in [-0.1, -0.05) is 48.0 Å². The van der Waals surface area contributed by atoms with Crippen LogP contribution in [0.2, 0.25) is 5.02 Å². The highest BCUT2D eigenvalue weighted by atomic mass is 35.5. The zero-order valence-electron chi connectivity index (χ0n) is 22.5. The van der Waals surface area contributed by atoms with E-state index in [1.54, 1.807) is 18.2 Å². The molecule has 0 radical (unpaired) electrons. The molecule has 2 heterocycles. The number of benzene rings is 2. The molecule has 0 saturated heterocycles. The Labute approximate surface area is 236 Å². The van der Waals surface area contributed by atoms with Crippen molar-refractivity contribution in [3.8, 4) is 17.1 Å². The molecular formula is C29H30ClN7O3. The van der Waals surface area contributed by atoms with Gasteiger partial charge in [-0.25, -0.2) is 4.98 Å². The van der Waals surface area contributed by atoms with Crippen molar-refractivity contribution in [1.29, 1.82) is 5.41 Å². The van der Waals surface area contributed by atoms with Crippen LogP contribution in [-0.2, 0) is 6.61 Å². The van der Waals surface area contributed by atoms with Crippen molar-refractivity contribution in [2.75, 3.05) is 0 Å². The zero-order valence-corrected chi connectivity index (χ0v) is 23.2. The topological polar surface area (TPSA) is 138 Å². The molecule has 0 unspecified atom stereocenters. The molecule has 1 saturated carbocycles. The fourth-order valence-corrected chi connectivity index (χ4v) is 4.44. The fraction of sp³-hybridized carbons (Fsp3) is 0.310. The number of fused-ring (bicyclic) bond motifs is 1. The highest BCUT2D eigenvalue weighted by Gasteiger charge is 2.28. The van der Waals surface area contributed by atoms with Gasteiger partial charge >= 0.3 is 0 Å². The summed E-state index contributed by atoms with van der Waals surface area (Å²) >= 11 is 6.45. The monoisotopic (exact) mass is 559 g/mol. The lowest BCUT2D eigenvalue weighted by molar-refractivity contribution is 0.0972. The quantitative estimate of drug-likeness (QED) is 0.204. The van der Waals surface area contributed by atoms with Gasteiger partial charge in [0.15, 0.2) is 5.82 Å². The summed E-state index contributed by atoms with van der Waals surface area (Å²) in [6, 6.07) is 15.7. The third-order valence-corrected chi connectivity index (χ3v) is 6.48. The summed E-state index contributed by atoms with van der Waals surface area (Å²) in [5.41, 5.74) is 1.06. The number of hydrogen-bond donors (Lipinski definition) is 3. The molecule has 3 N–H and O–H groups in total. The number of H-pyrrole nitrogens is 1. The summed E-state index contributed by atoms with van der Waals surface area (Å²) in [6.07, 6.45) is 2.25. The van der Waals surface area contributed by atoms with Gasteiger partial charge in [0.2, 0.25) is 0 Å². The first kappa shape index (κ1) is 27.3. The van der Waals surface area contributed by atoms with Crippen molar-refractivity contribution >= 4 is 34.8 Å². The molecule has 1 aliphatic rings. The van der Waals surface area contributed by atoms with Crippen LogP contribution in [0, 0.1) is 11.3 Å². The molecule has 40 heavy (non-hydrogen) atoms. The van der Waals surface area contributed by atoms with Crippen molar-refractivity contribution in [2.45, 2.75) is 52.2 Å². The number of nitrogens with one attached hydrogen (secondary N) is 3. The predicted molar refractivity (Wildman–Crippen MR) is 155 cm³/mol. The largest absolute Gasteiger partial charge is 0.486 e. The van der Waals surface area contributed by atoms with Gasteiger partial charge in [0.25, 0.3) is 17.2 Å². The molecular weight excluding hydrogens is 530 g/mol. The molecule has 206 valence electrons. The Morgan fingerprint density at radius 2 is 1.93 bits per heavy atom. The Balaban J connectivity index is 1.37. The molecule has 0 aliphatic heterocycles. The molecule has 0 atom stereocenters. The minimum Gasteiger partial charge on any atom is -0.486 e. The molecule has 2 aromatic carbocycles. The number of carbonyl (C=O) groups excluding carboxylic acids is 1. The van der Waals surface area contributed by atoms with Gasteiger partial charge in [0, 0.05) is 23.8 Å². The number of amides is 1. The summed E-state index contributed by atoms with van der Waals surface area (Å²) in [7, 11) is 0. The molecule has 0 spiro atoms. The molecule has 1 amide bonds. The van der Waals surface area contributed by atoms with Crippen LogP contribution in [0.4, 0.5) is 0 Å². The SMILES string of the molecule is CC(C)(C)N=C(CC(=N)C1CC1)NC(=O)c1c(Cl)cccc1OCc1cc(=O)n2[nH]c(-c3ccccc3)nc2n1. The van der Waals surface area contributed by atoms with Crippen LogP contribution in [0.3, 0.4) is 0 Å². The van der Waals surface area contributed by atoms with Crippen LogP contribution in [0.1, 0.15) is 56.1 Å². The number of hydrogen-bond acceptors (Lipinski definition) is 7. The van der Waals surface area contributed by atoms with E-state index < -0.39 is 11.4 Å². The lowest BCUT2D eigenvalue weighted by Gasteiger charge is -2.18. The van der Waals surface area contributed by atoms with Crippen molar-refractivity contribution < 1.29 is 9.53 Å². The normalized spacial score (nSPS) is 13.8. The first-order valence-electron chi connectivity index (χ1n) is 13.0. The summed E-state index contributed by atoms with van der Waals surface area (Å²) in [5.74, 6) is 1.12. The Kier molecular flexibility index (Phi) is 7.53. The van der Waals surface area contributed by atoms with E-state index in [2.05, 4.69) is 25.4 Å². The third kappa shape index (κ3) is 6.45. The summed E-state index contributed by atoms with van der Waals surface area (Å²) in [5, 5.41) is 14.4. The zero-order chi connectivity index (χ0) is 28.4. The first-order valence-corrected chi connectivity index (χ1v) is 13.4. The second kappa shape index (κ2) is 11.1. The van der Waals surface area contributed by atoms with Crippen molar-refractivity contribution in [1.82, 2.24) is 24.9 Å². The number of halogens is 1. The number of aliphatic imine (C=N–C) groups is 1. The Bertz CT molecular complexity index is 1660. The summed E-state index contributed by atoms with van der Waals surface area (Å²) in [4.78, 5) is 39.7. The smallest absolute Gasteiger partial charge is 0.274 e. The highest BCUT2D eigenvalue weighted by Crippen LogP contribution is 2.31. The van der Waals surface area contributed by atoms with Crippen LogP contribution in [-0.4, -0.2) is 42.6 Å².